The molecule has 1 N–H and O–H groups in total. The van der Waals surface area contributed by atoms with E-state index in [4.69, 9.17) is 11.6 Å². The number of nitrogens with zero attached hydrogens (tertiary/aromatic N) is 3. The molecule has 1 heterocycles. The van der Waals surface area contributed by atoms with E-state index in [1.807, 2.05) is 0 Å². The first-order chi connectivity index (χ1) is 10.4. The molecule has 1 aliphatic rings. The second-order valence-electron chi connectivity index (χ2n) is 5.31. The summed E-state index contributed by atoms with van der Waals surface area (Å²) in [5.74, 6) is -0.270. The summed E-state index contributed by atoms with van der Waals surface area (Å²) in [5.41, 5.74) is 0.716. The number of non-ortho nitro benzene ring substituents is 1. The van der Waals surface area contributed by atoms with Crippen LogP contribution in [0.4, 0.5) is 5.69 Å². The predicted octanol–water partition coefficient (Wildman–Crippen LogP) is 1.27. The van der Waals surface area contributed by atoms with Crippen molar-refractivity contribution < 1.29 is 14.8 Å². The van der Waals surface area contributed by atoms with Crippen LogP contribution in [0.2, 0.25) is 5.02 Å². The van der Waals surface area contributed by atoms with Crippen molar-refractivity contribution >= 4 is 23.2 Å². The number of hydrogen-bond donors (Lipinski definition) is 1. The lowest BCUT2D eigenvalue weighted by Crippen LogP contribution is -2.50. The van der Waals surface area contributed by atoms with Crippen LogP contribution in [0, 0.1) is 10.1 Å². The fraction of sp³-hybridized carbons (Fsp3) is 0.500. The third kappa shape index (κ3) is 3.94. The average molecular weight is 328 g/mol. The summed E-state index contributed by atoms with van der Waals surface area (Å²) in [4.78, 5) is 25.8. The molecule has 1 fully saturated rings. The zero-order valence-electron chi connectivity index (χ0n) is 12.2. The van der Waals surface area contributed by atoms with Crippen LogP contribution in [-0.2, 0) is 11.3 Å². The van der Waals surface area contributed by atoms with Gasteiger partial charge in [-0.2, -0.15) is 0 Å². The van der Waals surface area contributed by atoms with E-state index in [1.54, 1.807) is 4.90 Å². The number of nitro groups is 1. The lowest BCUT2D eigenvalue weighted by atomic mass is 10.1. The number of amides is 1. The van der Waals surface area contributed by atoms with Crippen molar-refractivity contribution in [2.24, 2.45) is 0 Å². The standard InChI is InChI=1S/C14H18ClN3O4/c1-10(19)14(20)17-6-4-16(5-7-17)9-11-8-12(18(21)22)2-3-13(11)15/h2-3,8,10,19H,4-7,9H2,1H3. The van der Waals surface area contributed by atoms with Gasteiger partial charge in [-0.25, -0.2) is 0 Å². The molecule has 0 radical (unpaired) electrons. The summed E-state index contributed by atoms with van der Waals surface area (Å²) in [6, 6.07) is 4.39. The highest BCUT2D eigenvalue weighted by atomic mass is 35.5. The molecule has 0 aliphatic carbocycles. The SMILES string of the molecule is CC(O)C(=O)N1CCN(Cc2cc([N+](=O)[O-])ccc2Cl)CC1. The number of benzene rings is 1. The number of aliphatic hydroxyl groups is 1. The van der Waals surface area contributed by atoms with Gasteiger partial charge in [-0.05, 0) is 18.6 Å². The Morgan fingerprint density at radius 3 is 2.59 bits per heavy atom. The van der Waals surface area contributed by atoms with E-state index in [2.05, 4.69) is 4.90 Å². The molecule has 1 aliphatic heterocycles. The van der Waals surface area contributed by atoms with E-state index in [1.165, 1.54) is 25.1 Å². The van der Waals surface area contributed by atoms with Crippen LogP contribution in [0.25, 0.3) is 0 Å². The molecule has 1 aromatic rings. The molecular weight excluding hydrogens is 310 g/mol. The minimum Gasteiger partial charge on any atom is -0.384 e. The first kappa shape index (κ1) is 16.7. The maximum atomic E-state index is 11.7. The summed E-state index contributed by atoms with van der Waals surface area (Å²) >= 11 is 6.09. The van der Waals surface area contributed by atoms with Gasteiger partial charge in [0.15, 0.2) is 0 Å². The van der Waals surface area contributed by atoms with Crippen molar-refractivity contribution in [2.45, 2.75) is 19.6 Å². The third-order valence-corrected chi connectivity index (χ3v) is 4.04. The van der Waals surface area contributed by atoms with E-state index < -0.39 is 11.0 Å². The normalized spacial score (nSPS) is 17.3. The van der Waals surface area contributed by atoms with Gasteiger partial charge in [0.05, 0.1) is 4.92 Å². The quantitative estimate of drug-likeness (QED) is 0.665. The maximum Gasteiger partial charge on any atom is 0.269 e. The van der Waals surface area contributed by atoms with Crippen LogP contribution < -0.4 is 0 Å². The summed E-state index contributed by atoms with van der Waals surface area (Å²) in [7, 11) is 0. The van der Waals surface area contributed by atoms with E-state index in [0.29, 0.717) is 43.3 Å². The number of halogens is 1. The zero-order valence-corrected chi connectivity index (χ0v) is 13.0. The largest absolute Gasteiger partial charge is 0.384 e. The van der Waals surface area contributed by atoms with Crippen molar-refractivity contribution in [2.75, 3.05) is 26.2 Å². The Bertz CT molecular complexity index is 571. The van der Waals surface area contributed by atoms with E-state index >= 15 is 0 Å². The highest BCUT2D eigenvalue weighted by Crippen LogP contribution is 2.23. The number of piperazine rings is 1. The van der Waals surface area contributed by atoms with E-state index in [-0.39, 0.29) is 11.6 Å². The first-order valence-electron chi connectivity index (χ1n) is 7.00. The van der Waals surface area contributed by atoms with Crippen LogP contribution in [0.5, 0.6) is 0 Å². The number of rotatable bonds is 4. The van der Waals surface area contributed by atoms with Gasteiger partial charge < -0.3 is 10.0 Å². The van der Waals surface area contributed by atoms with Crippen molar-refractivity contribution in [1.82, 2.24) is 9.80 Å². The molecule has 22 heavy (non-hydrogen) atoms. The van der Waals surface area contributed by atoms with Crippen LogP contribution in [-0.4, -0.2) is 58.0 Å². The average Bonchev–Trinajstić information content (AvgIpc) is 2.49. The molecule has 0 aromatic heterocycles. The summed E-state index contributed by atoms with van der Waals surface area (Å²) in [6.07, 6.45) is -0.988. The molecule has 1 amide bonds. The maximum absolute atomic E-state index is 11.7. The first-order valence-corrected chi connectivity index (χ1v) is 7.38. The highest BCUT2D eigenvalue weighted by Gasteiger charge is 2.24. The summed E-state index contributed by atoms with van der Waals surface area (Å²) in [6.45, 7) is 4.27. The number of hydrogen-bond acceptors (Lipinski definition) is 5. The minimum atomic E-state index is -0.988. The van der Waals surface area contributed by atoms with Gasteiger partial charge in [-0.15, -0.1) is 0 Å². The Labute approximate surface area is 133 Å². The predicted molar refractivity (Wildman–Crippen MR) is 81.6 cm³/mol. The summed E-state index contributed by atoms with van der Waals surface area (Å²) < 4.78 is 0. The lowest BCUT2D eigenvalue weighted by Gasteiger charge is -2.35. The van der Waals surface area contributed by atoms with Crippen LogP contribution >= 0.6 is 11.6 Å². The molecule has 2 rings (SSSR count). The fourth-order valence-electron chi connectivity index (χ4n) is 2.43. The minimum absolute atomic E-state index is 0.0160. The molecule has 0 saturated carbocycles. The van der Waals surface area contributed by atoms with Crippen LogP contribution in [0.3, 0.4) is 0 Å². The number of aliphatic hydroxyl groups excluding tert-OH is 1. The van der Waals surface area contributed by atoms with E-state index in [0.717, 1.165) is 0 Å². The van der Waals surface area contributed by atoms with Gasteiger partial charge in [0, 0.05) is 49.9 Å². The van der Waals surface area contributed by atoms with Crippen LogP contribution in [0.1, 0.15) is 12.5 Å². The molecule has 120 valence electrons. The zero-order chi connectivity index (χ0) is 16.3. The van der Waals surface area contributed by atoms with Crippen molar-refractivity contribution in [1.29, 1.82) is 0 Å². The number of carbonyl (C=O) groups excluding carboxylic acids is 1. The highest BCUT2D eigenvalue weighted by molar-refractivity contribution is 6.31. The Kier molecular flexibility index (Phi) is 5.33. The van der Waals surface area contributed by atoms with Gasteiger partial charge >= 0.3 is 0 Å². The Morgan fingerprint density at radius 1 is 1.41 bits per heavy atom. The van der Waals surface area contributed by atoms with Crippen molar-refractivity contribution in [3.63, 3.8) is 0 Å². The van der Waals surface area contributed by atoms with Gasteiger partial charge in [-0.1, -0.05) is 11.6 Å². The monoisotopic (exact) mass is 327 g/mol. The van der Waals surface area contributed by atoms with Crippen LogP contribution in [0.15, 0.2) is 18.2 Å². The number of carbonyl (C=O) groups is 1. The molecule has 0 bridgehead atoms. The smallest absolute Gasteiger partial charge is 0.269 e. The second-order valence-corrected chi connectivity index (χ2v) is 5.72. The molecule has 7 nitrogen and oxygen atoms in total. The van der Waals surface area contributed by atoms with Gasteiger partial charge in [0.2, 0.25) is 0 Å². The lowest BCUT2D eigenvalue weighted by molar-refractivity contribution is -0.384. The fourth-order valence-corrected chi connectivity index (χ4v) is 2.60. The molecule has 1 saturated heterocycles. The molecule has 1 atom stereocenters. The Hall–Kier alpha value is -1.70. The molecule has 1 aromatic carbocycles. The molecule has 8 heteroatoms. The topological polar surface area (TPSA) is 86.9 Å². The Morgan fingerprint density at radius 2 is 2.05 bits per heavy atom. The van der Waals surface area contributed by atoms with E-state index in [9.17, 15) is 20.0 Å². The molecule has 1 unspecified atom stereocenters. The van der Waals surface area contributed by atoms with Gasteiger partial charge in [-0.3, -0.25) is 19.8 Å². The van der Waals surface area contributed by atoms with Gasteiger partial charge in [0.1, 0.15) is 6.10 Å². The number of nitro benzene ring substituents is 1. The second kappa shape index (κ2) is 7.04. The Balaban J connectivity index is 1.98. The van der Waals surface area contributed by atoms with Gasteiger partial charge in [0.25, 0.3) is 11.6 Å². The molecular formula is C14H18ClN3O4. The summed E-state index contributed by atoms with van der Waals surface area (Å²) in [5, 5.41) is 20.6. The van der Waals surface area contributed by atoms with Crippen molar-refractivity contribution in [3.8, 4) is 0 Å². The van der Waals surface area contributed by atoms with Crippen molar-refractivity contribution in [3.05, 3.63) is 38.9 Å². The third-order valence-electron chi connectivity index (χ3n) is 3.68. The molecule has 0 spiro atoms.